The lowest BCUT2D eigenvalue weighted by atomic mass is 9.94. The van der Waals surface area contributed by atoms with Crippen molar-refractivity contribution < 1.29 is 9.47 Å². The molecule has 1 aliphatic carbocycles. The van der Waals surface area contributed by atoms with Gasteiger partial charge in [0.2, 0.25) is 0 Å². The van der Waals surface area contributed by atoms with Crippen molar-refractivity contribution in [3.8, 4) is 5.75 Å². The fourth-order valence-electron chi connectivity index (χ4n) is 2.35. The minimum atomic E-state index is 0.337. The molecular weight excluding hydrogens is 226 g/mol. The summed E-state index contributed by atoms with van der Waals surface area (Å²) in [6.45, 7) is 1.48. The second-order valence-corrected chi connectivity index (χ2v) is 4.93. The largest absolute Gasteiger partial charge is 0.494 e. The maximum atomic E-state index is 5.93. The van der Waals surface area contributed by atoms with Crippen LogP contribution in [-0.2, 0) is 4.74 Å². The van der Waals surface area contributed by atoms with Crippen molar-refractivity contribution in [1.29, 1.82) is 0 Å². The summed E-state index contributed by atoms with van der Waals surface area (Å²) in [5.41, 5.74) is 5.93. The zero-order chi connectivity index (χ0) is 12.6. The fraction of sp³-hybridized carbons (Fsp3) is 0.600. The first-order valence-corrected chi connectivity index (χ1v) is 6.89. The first-order valence-electron chi connectivity index (χ1n) is 6.89. The highest BCUT2D eigenvalue weighted by molar-refractivity contribution is 5.20. The highest BCUT2D eigenvalue weighted by atomic mass is 16.5. The molecule has 18 heavy (non-hydrogen) atoms. The molecule has 3 nitrogen and oxygen atoms in total. The third-order valence-corrected chi connectivity index (χ3v) is 3.32. The molecule has 0 aromatic heterocycles. The molecule has 2 rings (SSSR count). The van der Waals surface area contributed by atoms with Crippen LogP contribution in [0.4, 0.5) is 0 Å². The predicted octanol–water partition coefficient (Wildman–Crippen LogP) is 2.74. The van der Waals surface area contributed by atoms with E-state index in [2.05, 4.69) is 0 Å². The lowest BCUT2D eigenvalue weighted by Crippen LogP contribution is -2.32. The molecule has 2 N–H and O–H groups in total. The molecule has 0 amide bonds. The summed E-state index contributed by atoms with van der Waals surface area (Å²) in [6, 6.07) is 10.2. The summed E-state index contributed by atoms with van der Waals surface area (Å²) >= 11 is 0. The molecular formula is C15H23NO2. The van der Waals surface area contributed by atoms with E-state index in [0.717, 1.165) is 38.0 Å². The molecule has 1 saturated carbocycles. The van der Waals surface area contributed by atoms with Crippen LogP contribution in [0.5, 0.6) is 5.75 Å². The van der Waals surface area contributed by atoms with Crippen LogP contribution in [-0.4, -0.2) is 25.4 Å². The second-order valence-electron chi connectivity index (χ2n) is 4.93. The Kier molecular flexibility index (Phi) is 5.49. The number of hydrogen-bond acceptors (Lipinski definition) is 3. The Bertz CT molecular complexity index is 329. The Morgan fingerprint density at radius 2 is 1.94 bits per heavy atom. The minimum absolute atomic E-state index is 0.337. The molecule has 0 radical (unpaired) electrons. The van der Waals surface area contributed by atoms with Crippen LogP contribution in [0, 0.1) is 0 Å². The van der Waals surface area contributed by atoms with Gasteiger partial charge in [-0.2, -0.15) is 0 Å². The van der Waals surface area contributed by atoms with Crippen LogP contribution in [0.1, 0.15) is 32.1 Å². The first kappa shape index (κ1) is 13.4. The zero-order valence-corrected chi connectivity index (χ0v) is 10.9. The third-order valence-electron chi connectivity index (χ3n) is 3.32. The Morgan fingerprint density at radius 1 is 1.11 bits per heavy atom. The summed E-state index contributed by atoms with van der Waals surface area (Å²) in [4.78, 5) is 0. The molecule has 0 bridgehead atoms. The van der Waals surface area contributed by atoms with E-state index in [1.807, 2.05) is 30.3 Å². The molecule has 3 heteroatoms. The average Bonchev–Trinajstić information content (AvgIpc) is 2.40. The van der Waals surface area contributed by atoms with Crippen LogP contribution in [0.3, 0.4) is 0 Å². The summed E-state index contributed by atoms with van der Waals surface area (Å²) < 4.78 is 11.4. The molecule has 1 fully saturated rings. The molecule has 2 unspecified atom stereocenters. The summed E-state index contributed by atoms with van der Waals surface area (Å²) in [5, 5.41) is 0. The van der Waals surface area contributed by atoms with Gasteiger partial charge in [0, 0.05) is 12.5 Å². The van der Waals surface area contributed by atoms with Gasteiger partial charge in [-0.05, 0) is 37.8 Å². The molecule has 1 aromatic rings. The van der Waals surface area contributed by atoms with Crippen LogP contribution >= 0.6 is 0 Å². The van der Waals surface area contributed by atoms with Gasteiger partial charge in [0.15, 0.2) is 0 Å². The van der Waals surface area contributed by atoms with Gasteiger partial charge >= 0.3 is 0 Å². The Balaban J connectivity index is 1.53. The molecule has 0 aliphatic heterocycles. The van der Waals surface area contributed by atoms with Gasteiger partial charge in [-0.1, -0.05) is 18.2 Å². The van der Waals surface area contributed by atoms with Crippen LogP contribution < -0.4 is 10.5 Å². The summed E-state index contributed by atoms with van der Waals surface area (Å²) in [7, 11) is 0. The van der Waals surface area contributed by atoms with E-state index in [-0.39, 0.29) is 0 Å². The topological polar surface area (TPSA) is 44.5 Å². The van der Waals surface area contributed by atoms with Gasteiger partial charge in [0.05, 0.1) is 19.3 Å². The van der Waals surface area contributed by atoms with Gasteiger partial charge in [-0.25, -0.2) is 0 Å². The minimum Gasteiger partial charge on any atom is -0.494 e. The number of rotatable bonds is 6. The van der Waals surface area contributed by atoms with Gasteiger partial charge in [0.1, 0.15) is 5.75 Å². The fourth-order valence-corrected chi connectivity index (χ4v) is 2.35. The van der Waals surface area contributed by atoms with E-state index in [1.165, 1.54) is 6.42 Å². The van der Waals surface area contributed by atoms with Crippen molar-refractivity contribution in [3.05, 3.63) is 30.3 Å². The van der Waals surface area contributed by atoms with Crippen LogP contribution in [0.2, 0.25) is 0 Å². The standard InChI is InChI=1S/C15H23NO2/c16-13-6-4-9-15(12-13)18-11-5-10-17-14-7-2-1-3-8-14/h1-3,7-8,13,15H,4-6,9-12,16H2. The summed E-state index contributed by atoms with van der Waals surface area (Å²) in [6.07, 6.45) is 5.82. The Labute approximate surface area is 109 Å². The quantitative estimate of drug-likeness (QED) is 0.788. The van der Waals surface area contributed by atoms with Gasteiger partial charge in [0.25, 0.3) is 0 Å². The van der Waals surface area contributed by atoms with Crippen molar-refractivity contribution >= 4 is 0 Å². The Hall–Kier alpha value is -1.06. The monoisotopic (exact) mass is 249 g/mol. The SMILES string of the molecule is NC1CCCC(OCCCOc2ccccc2)C1. The number of para-hydroxylation sites is 1. The third kappa shape index (κ3) is 4.67. The lowest BCUT2D eigenvalue weighted by Gasteiger charge is -2.26. The van der Waals surface area contributed by atoms with Crippen LogP contribution in [0.25, 0.3) is 0 Å². The van der Waals surface area contributed by atoms with E-state index in [4.69, 9.17) is 15.2 Å². The number of benzene rings is 1. The molecule has 0 heterocycles. The zero-order valence-electron chi connectivity index (χ0n) is 10.9. The first-order chi connectivity index (χ1) is 8.84. The normalized spacial score (nSPS) is 23.8. The van der Waals surface area contributed by atoms with E-state index < -0.39 is 0 Å². The van der Waals surface area contributed by atoms with E-state index in [0.29, 0.717) is 18.8 Å². The number of nitrogens with two attached hydrogens (primary N) is 1. The van der Waals surface area contributed by atoms with E-state index >= 15 is 0 Å². The molecule has 100 valence electrons. The van der Waals surface area contributed by atoms with Gasteiger partial charge in [-0.15, -0.1) is 0 Å². The van der Waals surface area contributed by atoms with Crippen molar-refractivity contribution in [1.82, 2.24) is 0 Å². The van der Waals surface area contributed by atoms with Gasteiger partial charge in [-0.3, -0.25) is 0 Å². The van der Waals surface area contributed by atoms with E-state index in [1.54, 1.807) is 0 Å². The van der Waals surface area contributed by atoms with Crippen molar-refractivity contribution in [3.63, 3.8) is 0 Å². The lowest BCUT2D eigenvalue weighted by molar-refractivity contribution is 0.0181. The average molecular weight is 249 g/mol. The molecule has 2 atom stereocenters. The number of ether oxygens (including phenoxy) is 2. The molecule has 1 aliphatic rings. The highest BCUT2D eigenvalue weighted by Crippen LogP contribution is 2.19. The van der Waals surface area contributed by atoms with Crippen molar-refractivity contribution in [2.45, 2.75) is 44.2 Å². The predicted molar refractivity (Wildman–Crippen MR) is 72.7 cm³/mol. The maximum Gasteiger partial charge on any atom is 0.119 e. The van der Waals surface area contributed by atoms with Crippen molar-refractivity contribution in [2.75, 3.05) is 13.2 Å². The smallest absolute Gasteiger partial charge is 0.119 e. The molecule has 0 spiro atoms. The Morgan fingerprint density at radius 3 is 2.72 bits per heavy atom. The van der Waals surface area contributed by atoms with Gasteiger partial charge < -0.3 is 15.2 Å². The number of hydrogen-bond donors (Lipinski definition) is 1. The molecule has 0 saturated heterocycles. The summed E-state index contributed by atoms with van der Waals surface area (Å²) in [5.74, 6) is 0.928. The van der Waals surface area contributed by atoms with E-state index in [9.17, 15) is 0 Å². The second kappa shape index (κ2) is 7.39. The van der Waals surface area contributed by atoms with Crippen LogP contribution in [0.15, 0.2) is 30.3 Å². The highest BCUT2D eigenvalue weighted by Gasteiger charge is 2.19. The molecule has 1 aromatic carbocycles. The maximum absolute atomic E-state index is 5.93. The van der Waals surface area contributed by atoms with Crippen molar-refractivity contribution in [2.24, 2.45) is 5.73 Å².